The van der Waals surface area contributed by atoms with Crippen LogP contribution in [0.3, 0.4) is 0 Å². The summed E-state index contributed by atoms with van der Waals surface area (Å²) in [5, 5.41) is 3.82. The minimum absolute atomic E-state index is 0.0696. The van der Waals surface area contributed by atoms with Gasteiger partial charge in [0.25, 0.3) is 5.91 Å². The SMILES string of the molecule is CNC1CCN(C(=O)c2ccc(Cl)c(Br)c2)C1. The molecule has 0 bridgehead atoms. The Kier molecular flexibility index (Phi) is 4.07. The van der Waals surface area contributed by atoms with E-state index in [9.17, 15) is 4.79 Å². The molecule has 1 heterocycles. The highest BCUT2D eigenvalue weighted by atomic mass is 79.9. The van der Waals surface area contributed by atoms with Gasteiger partial charge in [-0.2, -0.15) is 0 Å². The highest BCUT2D eigenvalue weighted by Gasteiger charge is 2.25. The number of rotatable bonds is 2. The Labute approximate surface area is 114 Å². The summed E-state index contributed by atoms with van der Waals surface area (Å²) in [5.41, 5.74) is 0.679. The van der Waals surface area contributed by atoms with E-state index in [2.05, 4.69) is 21.2 Å². The maximum atomic E-state index is 12.2. The highest BCUT2D eigenvalue weighted by Crippen LogP contribution is 2.24. The summed E-state index contributed by atoms with van der Waals surface area (Å²) in [6, 6.07) is 5.69. The smallest absolute Gasteiger partial charge is 0.253 e. The zero-order valence-corrected chi connectivity index (χ0v) is 11.9. The molecule has 1 unspecified atom stereocenters. The number of nitrogens with zero attached hydrogens (tertiary/aromatic N) is 1. The monoisotopic (exact) mass is 316 g/mol. The quantitative estimate of drug-likeness (QED) is 0.909. The second-order valence-corrected chi connectivity index (χ2v) is 5.42. The van der Waals surface area contributed by atoms with E-state index in [0.717, 1.165) is 24.0 Å². The third-order valence-electron chi connectivity index (χ3n) is 3.05. The van der Waals surface area contributed by atoms with Crippen LogP contribution in [0, 0.1) is 0 Å². The molecule has 1 aliphatic heterocycles. The van der Waals surface area contributed by atoms with E-state index in [1.165, 1.54) is 0 Å². The lowest BCUT2D eigenvalue weighted by Crippen LogP contribution is -2.33. The molecular weight excluding hydrogens is 304 g/mol. The fourth-order valence-electron chi connectivity index (χ4n) is 1.99. The van der Waals surface area contributed by atoms with Crippen molar-refractivity contribution in [1.29, 1.82) is 0 Å². The molecule has 5 heteroatoms. The number of halogens is 2. The molecule has 1 aliphatic rings. The van der Waals surface area contributed by atoms with Crippen molar-refractivity contribution in [3.63, 3.8) is 0 Å². The molecule has 17 heavy (non-hydrogen) atoms. The van der Waals surface area contributed by atoms with E-state index in [0.29, 0.717) is 16.6 Å². The lowest BCUT2D eigenvalue weighted by atomic mass is 10.2. The Morgan fingerprint density at radius 2 is 2.35 bits per heavy atom. The van der Waals surface area contributed by atoms with Gasteiger partial charge >= 0.3 is 0 Å². The maximum Gasteiger partial charge on any atom is 0.253 e. The van der Waals surface area contributed by atoms with Crippen LogP contribution >= 0.6 is 27.5 Å². The Bertz CT molecular complexity index is 439. The van der Waals surface area contributed by atoms with E-state index in [-0.39, 0.29) is 5.91 Å². The van der Waals surface area contributed by atoms with Gasteiger partial charge in [0.1, 0.15) is 0 Å². The van der Waals surface area contributed by atoms with E-state index < -0.39 is 0 Å². The molecule has 1 aromatic rings. The minimum Gasteiger partial charge on any atom is -0.337 e. The summed E-state index contributed by atoms with van der Waals surface area (Å²) in [5.74, 6) is 0.0696. The number of nitrogens with one attached hydrogen (secondary N) is 1. The summed E-state index contributed by atoms with van der Waals surface area (Å²) in [6.07, 6.45) is 1.01. The van der Waals surface area contributed by atoms with Crippen molar-refractivity contribution in [1.82, 2.24) is 10.2 Å². The molecule has 1 saturated heterocycles. The largest absolute Gasteiger partial charge is 0.337 e. The van der Waals surface area contributed by atoms with E-state index in [4.69, 9.17) is 11.6 Å². The predicted octanol–water partition coefficient (Wildman–Crippen LogP) is 2.54. The van der Waals surface area contributed by atoms with Crippen molar-refractivity contribution in [2.45, 2.75) is 12.5 Å². The van der Waals surface area contributed by atoms with Crippen molar-refractivity contribution in [2.24, 2.45) is 0 Å². The lowest BCUT2D eigenvalue weighted by molar-refractivity contribution is 0.0789. The van der Waals surface area contributed by atoms with Crippen LogP contribution in [0.1, 0.15) is 16.8 Å². The van der Waals surface area contributed by atoms with Crippen LogP contribution in [0.4, 0.5) is 0 Å². The van der Waals surface area contributed by atoms with Gasteiger partial charge in [-0.1, -0.05) is 11.6 Å². The number of carbonyl (C=O) groups excluding carboxylic acids is 1. The second kappa shape index (κ2) is 5.38. The van der Waals surface area contributed by atoms with Crippen LogP contribution < -0.4 is 5.32 Å². The molecule has 3 nitrogen and oxygen atoms in total. The molecule has 0 spiro atoms. The van der Waals surface area contributed by atoms with E-state index in [1.54, 1.807) is 18.2 Å². The number of likely N-dealkylation sites (N-methyl/N-ethyl adjacent to an activating group) is 1. The first-order valence-electron chi connectivity index (χ1n) is 5.53. The predicted molar refractivity (Wildman–Crippen MR) is 72.5 cm³/mol. The van der Waals surface area contributed by atoms with Crippen LogP contribution in [0.5, 0.6) is 0 Å². The van der Waals surface area contributed by atoms with Crippen LogP contribution in [-0.4, -0.2) is 37.0 Å². The Balaban J connectivity index is 2.12. The number of likely N-dealkylation sites (tertiary alicyclic amines) is 1. The average Bonchev–Trinajstić information content (AvgIpc) is 2.80. The van der Waals surface area contributed by atoms with Crippen LogP contribution in [0.25, 0.3) is 0 Å². The standard InChI is InChI=1S/C12H14BrClN2O/c1-15-9-4-5-16(7-9)12(17)8-2-3-11(14)10(13)6-8/h2-3,6,9,15H,4-5,7H2,1H3. The molecule has 0 radical (unpaired) electrons. The Hall–Kier alpha value is -0.580. The van der Waals surface area contributed by atoms with Gasteiger partial charge in [-0.05, 0) is 47.6 Å². The molecule has 1 amide bonds. The molecule has 1 N–H and O–H groups in total. The highest BCUT2D eigenvalue weighted by molar-refractivity contribution is 9.10. The van der Waals surface area contributed by atoms with Gasteiger partial charge in [0, 0.05) is 29.2 Å². The molecule has 1 fully saturated rings. The lowest BCUT2D eigenvalue weighted by Gasteiger charge is -2.16. The maximum absolute atomic E-state index is 12.2. The van der Waals surface area contributed by atoms with Gasteiger partial charge in [-0.25, -0.2) is 0 Å². The van der Waals surface area contributed by atoms with Gasteiger partial charge < -0.3 is 10.2 Å². The fraction of sp³-hybridized carbons (Fsp3) is 0.417. The van der Waals surface area contributed by atoms with E-state index >= 15 is 0 Å². The first kappa shape index (κ1) is 12.9. The number of benzene rings is 1. The van der Waals surface area contributed by atoms with Crippen molar-refractivity contribution in [3.05, 3.63) is 33.3 Å². The summed E-state index contributed by atoms with van der Waals surface area (Å²) in [6.45, 7) is 1.58. The molecule has 92 valence electrons. The minimum atomic E-state index is 0.0696. The molecule has 1 atom stereocenters. The van der Waals surface area contributed by atoms with Crippen LogP contribution in [0.15, 0.2) is 22.7 Å². The zero-order chi connectivity index (χ0) is 12.4. The summed E-state index contributed by atoms with van der Waals surface area (Å²) >= 11 is 9.24. The van der Waals surface area contributed by atoms with Gasteiger partial charge in [0.05, 0.1) is 5.02 Å². The van der Waals surface area contributed by atoms with Crippen LogP contribution in [-0.2, 0) is 0 Å². The third-order valence-corrected chi connectivity index (χ3v) is 4.26. The average molecular weight is 318 g/mol. The summed E-state index contributed by atoms with van der Waals surface area (Å²) in [4.78, 5) is 14.1. The van der Waals surface area contributed by atoms with Crippen molar-refractivity contribution < 1.29 is 4.79 Å². The Morgan fingerprint density at radius 1 is 1.59 bits per heavy atom. The van der Waals surface area contributed by atoms with Crippen molar-refractivity contribution in [3.8, 4) is 0 Å². The van der Waals surface area contributed by atoms with Crippen LogP contribution in [0.2, 0.25) is 5.02 Å². The second-order valence-electron chi connectivity index (χ2n) is 4.15. The first-order valence-corrected chi connectivity index (χ1v) is 6.70. The van der Waals surface area contributed by atoms with Crippen molar-refractivity contribution >= 4 is 33.4 Å². The third kappa shape index (κ3) is 2.81. The molecule has 0 aliphatic carbocycles. The molecular formula is C12H14BrClN2O. The van der Waals surface area contributed by atoms with Gasteiger partial charge in [-0.15, -0.1) is 0 Å². The van der Waals surface area contributed by atoms with E-state index in [1.807, 2.05) is 11.9 Å². The first-order chi connectivity index (χ1) is 8.11. The number of amides is 1. The number of hydrogen-bond acceptors (Lipinski definition) is 2. The topological polar surface area (TPSA) is 32.3 Å². The van der Waals surface area contributed by atoms with Gasteiger partial charge in [-0.3, -0.25) is 4.79 Å². The normalized spacial score (nSPS) is 19.7. The fourth-order valence-corrected chi connectivity index (χ4v) is 2.49. The number of hydrogen-bond donors (Lipinski definition) is 1. The molecule has 0 saturated carbocycles. The summed E-state index contributed by atoms with van der Waals surface area (Å²) < 4.78 is 0.759. The molecule has 2 rings (SSSR count). The molecule has 0 aromatic heterocycles. The summed E-state index contributed by atoms with van der Waals surface area (Å²) in [7, 11) is 1.93. The van der Waals surface area contributed by atoms with Gasteiger partial charge in [0.15, 0.2) is 0 Å². The van der Waals surface area contributed by atoms with Crippen molar-refractivity contribution in [2.75, 3.05) is 20.1 Å². The number of carbonyl (C=O) groups is 1. The molecule has 1 aromatic carbocycles. The zero-order valence-electron chi connectivity index (χ0n) is 9.54. The Morgan fingerprint density at radius 3 is 2.94 bits per heavy atom. The van der Waals surface area contributed by atoms with Gasteiger partial charge in [0.2, 0.25) is 0 Å².